The first-order chi connectivity index (χ1) is 16.0. The number of hydrogen-bond acceptors (Lipinski definition) is 6. The highest BCUT2D eigenvalue weighted by atomic mass is 19.1. The van der Waals surface area contributed by atoms with Crippen molar-refractivity contribution in [3.05, 3.63) is 105 Å². The molecule has 0 radical (unpaired) electrons. The van der Waals surface area contributed by atoms with Gasteiger partial charge in [-0.05, 0) is 42.0 Å². The summed E-state index contributed by atoms with van der Waals surface area (Å²) in [6, 6.07) is 19.2. The highest BCUT2D eigenvalue weighted by Gasteiger charge is 2.16. The Morgan fingerprint density at radius 1 is 0.879 bits per heavy atom. The Morgan fingerprint density at radius 2 is 1.73 bits per heavy atom. The number of halogens is 1. The topological polar surface area (TPSA) is 78.9 Å². The summed E-state index contributed by atoms with van der Waals surface area (Å²) in [5.74, 6) is 0.521. The Labute approximate surface area is 186 Å². The van der Waals surface area contributed by atoms with Crippen molar-refractivity contribution in [2.24, 2.45) is 0 Å². The summed E-state index contributed by atoms with van der Waals surface area (Å²) < 4.78 is 35.2. The van der Waals surface area contributed by atoms with Crippen LogP contribution in [0.15, 0.2) is 91.2 Å². The van der Waals surface area contributed by atoms with E-state index in [1.165, 1.54) is 25.3 Å². The van der Waals surface area contributed by atoms with Gasteiger partial charge in [0.2, 0.25) is 0 Å². The Hall–Kier alpha value is -4.39. The lowest BCUT2D eigenvalue weighted by Gasteiger charge is -2.10. The Bertz CT molecular complexity index is 1620. The molecule has 0 saturated heterocycles. The second-order valence-corrected chi connectivity index (χ2v) is 7.38. The number of para-hydroxylation sites is 1. The minimum absolute atomic E-state index is 0.142. The van der Waals surface area contributed by atoms with E-state index in [0.717, 1.165) is 0 Å². The molecule has 33 heavy (non-hydrogen) atoms. The van der Waals surface area contributed by atoms with Gasteiger partial charge in [-0.15, -0.1) is 0 Å². The second-order valence-electron chi connectivity index (χ2n) is 7.38. The maximum absolute atomic E-state index is 13.4. The second kappa shape index (κ2) is 8.27. The van der Waals surface area contributed by atoms with Crippen molar-refractivity contribution < 1.29 is 22.7 Å². The van der Waals surface area contributed by atoms with Gasteiger partial charge >= 0.3 is 11.3 Å². The molecule has 164 valence electrons. The van der Waals surface area contributed by atoms with E-state index in [2.05, 4.69) is 0 Å². The summed E-state index contributed by atoms with van der Waals surface area (Å²) in [7, 11) is 1.49. The molecule has 0 atom stereocenters. The number of methoxy groups -OCH3 is 1. The molecule has 6 nitrogen and oxygen atoms in total. The van der Waals surface area contributed by atoms with Gasteiger partial charge in [-0.3, -0.25) is 0 Å². The molecule has 0 aliphatic rings. The van der Waals surface area contributed by atoms with E-state index in [1.54, 1.807) is 54.6 Å². The molecule has 0 saturated carbocycles. The average molecular weight is 444 g/mol. The van der Waals surface area contributed by atoms with Crippen LogP contribution in [0.1, 0.15) is 5.56 Å². The standard InChI is InChI=1S/C26H17FO6/c1-30-22-7-3-5-16-11-21(26(29)33-25(16)22)20-13-24(28)32-23-12-18(8-9-19(20)23)31-14-15-4-2-6-17(27)10-15/h2-13H,14H2,1H3. The monoisotopic (exact) mass is 444 g/mol. The summed E-state index contributed by atoms with van der Waals surface area (Å²) in [5, 5.41) is 1.20. The smallest absolute Gasteiger partial charge is 0.344 e. The molecule has 0 aliphatic carbocycles. The first-order valence-electron chi connectivity index (χ1n) is 10.1. The van der Waals surface area contributed by atoms with E-state index in [-0.39, 0.29) is 23.6 Å². The van der Waals surface area contributed by atoms with Gasteiger partial charge in [-0.2, -0.15) is 0 Å². The van der Waals surface area contributed by atoms with Crippen molar-refractivity contribution in [3.8, 4) is 22.6 Å². The Kier molecular flexibility index (Phi) is 5.14. The molecular weight excluding hydrogens is 427 g/mol. The first kappa shape index (κ1) is 20.5. The summed E-state index contributed by atoms with van der Waals surface area (Å²) in [4.78, 5) is 25.1. The van der Waals surface area contributed by atoms with E-state index >= 15 is 0 Å². The molecular formula is C26H17FO6. The lowest BCUT2D eigenvalue weighted by Crippen LogP contribution is -2.07. The molecule has 0 unspecified atom stereocenters. The molecule has 0 spiro atoms. The highest BCUT2D eigenvalue weighted by molar-refractivity contribution is 5.96. The van der Waals surface area contributed by atoms with Gasteiger partial charge in [0.1, 0.15) is 23.8 Å². The normalized spacial score (nSPS) is 11.1. The third-order valence-electron chi connectivity index (χ3n) is 5.24. The molecule has 2 aromatic heterocycles. The van der Waals surface area contributed by atoms with Crippen LogP contribution < -0.4 is 20.7 Å². The minimum Gasteiger partial charge on any atom is -0.493 e. The molecule has 0 amide bonds. The van der Waals surface area contributed by atoms with E-state index in [1.807, 2.05) is 0 Å². The van der Waals surface area contributed by atoms with E-state index in [0.29, 0.717) is 39.0 Å². The molecule has 5 aromatic rings. The van der Waals surface area contributed by atoms with E-state index in [4.69, 9.17) is 18.3 Å². The zero-order chi connectivity index (χ0) is 22.9. The fourth-order valence-electron chi connectivity index (χ4n) is 3.72. The first-order valence-corrected chi connectivity index (χ1v) is 10.1. The molecule has 2 heterocycles. The number of rotatable bonds is 5. The molecule has 3 aromatic carbocycles. The number of benzene rings is 3. The quantitative estimate of drug-likeness (QED) is 0.343. The van der Waals surface area contributed by atoms with Gasteiger partial charge in [-0.1, -0.05) is 24.3 Å². The molecule has 0 fully saturated rings. The van der Waals surface area contributed by atoms with Crippen LogP contribution in [0.4, 0.5) is 4.39 Å². The third-order valence-corrected chi connectivity index (χ3v) is 5.24. The van der Waals surface area contributed by atoms with Crippen molar-refractivity contribution >= 4 is 21.9 Å². The number of ether oxygens (including phenoxy) is 2. The van der Waals surface area contributed by atoms with Crippen LogP contribution >= 0.6 is 0 Å². The lowest BCUT2D eigenvalue weighted by molar-refractivity contribution is 0.305. The van der Waals surface area contributed by atoms with Gasteiger partial charge in [0.05, 0.1) is 12.7 Å². The third kappa shape index (κ3) is 3.96. The van der Waals surface area contributed by atoms with Crippen molar-refractivity contribution in [2.45, 2.75) is 6.61 Å². The van der Waals surface area contributed by atoms with Crippen molar-refractivity contribution in [3.63, 3.8) is 0 Å². The zero-order valence-corrected chi connectivity index (χ0v) is 17.5. The molecule has 5 rings (SSSR count). The summed E-state index contributed by atoms with van der Waals surface area (Å²) in [6.07, 6.45) is 0. The van der Waals surface area contributed by atoms with Crippen LogP contribution in [0.5, 0.6) is 11.5 Å². The molecule has 7 heteroatoms. The van der Waals surface area contributed by atoms with Crippen LogP contribution in [-0.4, -0.2) is 7.11 Å². The molecule has 0 aliphatic heterocycles. The highest BCUT2D eigenvalue weighted by Crippen LogP contribution is 2.32. The zero-order valence-electron chi connectivity index (χ0n) is 17.5. The average Bonchev–Trinajstić information content (AvgIpc) is 2.81. The van der Waals surface area contributed by atoms with Crippen molar-refractivity contribution in [1.82, 2.24) is 0 Å². The fraction of sp³-hybridized carbons (Fsp3) is 0.0769. The van der Waals surface area contributed by atoms with Crippen LogP contribution in [-0.2, 0) is 6.61 Å². The van der Waals surface area contributed by atoms with Crippen LogP contribution in [0.25, 0.3) is 33.1 Å². The summed E-state index contributed by atoms with van der Waals surface area (Å²) in [5.41, 5.74) is 0.622. The Balaban J connectivity index is 1.57. The molecule has 0 bridgehead atoms. The summed E-state index contributed by atoms with van der Waals surface area (Å²) >= 11 is 0. The van der Waals surface area contributed by atoms with Crippen molar-refractivity contribution in [1.29, 1.82) is 0 Å². The van der Waals surface area contributed by atoms with Gasteiger partial charge in [0.25, 0.3) is 0 Å². The largest absolute Gasteiger partial charge is 0.493 e. The maximum atomic E-state index is 13.4. The van der Waals surface area contributed by atoms with E-state index < -0.39 is 11.3 Å². The van der Waals surface area contributed by atoms with Gasteiger partial charge in [-0.25, -0.2) is 14.0 Å². The minimum atomic E-state index is -0.620. The van der Waals surface area contributed by atoms with Crippen LogP contribution in [0.3, 0.4) is 0 Å². The van der Waals surface area contributed by atoms with Crippen LogP contribution in [0.2, 0.25) is 0 Å². The number of fused-ring (bicyclic) bond motifs is 2. The van der Waals surface area contributed by atoms with Gasteiger partial charge in [0, 0.05) is 28.5 Å². The number of hydrogen-bond donors (Lipinski definition) is 0. The predicted octanol–water partition coefficient (Wildman–Crippen LogP) is 5.29. The van der Waals surface area contributed by atoms with Crippen LogP contribution in [0, 0.1) is 5.82 Å². The molecule has 0 N–H and O–H groups in total. The van der Waals surface area contributed by atoms with Gasteiger partial charge in [0.15, 0.2) is 11.3 Å². The van der Waals surface area contributed by atoms with Gasteiger partial charge < -0.3 is 18.3 Å². The van der Waals surface area contributed by atoms with Crippen molar-refractivity contribution in [2.75, 3.05) is 7.11 Å². The van der Waals surface area contributed by atoms with E-state index in [9.17, 15) is 14.0 Å². The predicted molar refractivity (Wildman–Crippen MR) is 121 cm³/mol. The fourth-order valence-corrected chi connectivity index (χ4v) is 3.72. The summed E-state index contributed by atoms with van der Waals surface area (Å²) in [6.45, 7) is 0.142. The SMILES string of the molecule is COc1cccc2cc(-c3cc(=O)oc4cc(OCc5cccc(F)c5)ccc34)c(=O)oc12. The Morgan fingerprint density at radius 3 is 2.55 bits per heavy atom. The maximum Gasteiger partial charge on any atom is 0.344 e. The lowest BCUT2D eigenvalue weighted by atomic mass is 10.0.